The summed E-state index contributed by atoms with van der Waals surface area (Å²) in [5.74, 6) is 0.270. The van der Waals surface area contributed by atoms with Crippen molar-refractivity contribution in [3.8, 4) is 5.75 Å². The van der Waals surface area contributed by atoms with Gasteiger partial charge in [0.25, 0.3) is 0 Å². The predicted octanol–water partition coefficient (Wildman–Crippen LogP) is 5.56. The predicted molar refractivity (Wildman–Crippen MR) is 115 cm³/mol. The van der Waals surface area contributed by atoms with E-state index in [1.54, 1.807) is 6.07 Å². The van der Waals surface area contributed by atoms with Crippen molar-refractivity contribution >= 4 is 21.8 Å². The first-order valence-corrected chi connectivity index (χ1v) is 9.51. The quantitative estimate of drug-likeness (QED) is 0.445. The number of aromatic hydroxyl groups is 1. The minimum Gasteiger partial charge on any atom is -0.508 e. The number of fused-ring (bicyclic) bond motifs is 2. The van der Waals surface area contributed by atoms with Crippen molar-refractivity contribution in [2.24, 2.45) is 14.1 Å². The summed E-state index contributed by atoms with van der Waals surface area (Å²) in [6.45, 7) is 0. The second-order valence-corrected chi connectivity index (χ2v) is 7.42. The Bertz CT molecular complexity index is 1230. The molecule has 2 aromatic heterocycles. The number of hydrogen-bond donors (Lipinski definition) is 1. The van der Waals surface area contributed by atoms with E-state index in [2.05, 4.69) is 84.2 Å². The summed E-state index contributed by atoms with van der Waals surface area (Å²) >= 11 is 0. The Morgan fingerprint density at radius 3 is 1.61 bits per heavy atom. The number of phenolic OH excluding ortho intramolecular Hbond substituents is 1. The molecule has 0 aliphatic carbocycles. The van der Waals surface area contributed by atoms with Gasteiger partial charge in [0.05, 0.1) is 0 Å². The van der Waals surface area contributed by atoms with E-state index < -0.39 is 0 Å². The van der Waals surface area contributed by atoms with Crippen LogP contribution in [0, 0.1) is 0 Å². The third-order valence-corrected chi connectivity index (χ3v) is 5.73. The van der Waals surface area contributed by atoms with Crippen molar-refractivity contribution in [2.75, 3.05) is 0 Å². The molecule has 0 bridgehead atoms. The van der Waals surface area contributed by atoms with Crippen LogP contribution in [0.25, 0.3) is 21.8 Å². The topological polar surface area (TPSA) is 30.1 Å². The summed E-state index contributed by atoms with van der Waals surface area (Å²) in [6.07, 6.45) is 4.40. The van der Waals surface area contributed by atoms with Crippen molar-refractivity contribution < 1.29 is 5.11 Å². The normalized spacial score (nSPS) is 11.7. The van der Waals surface area contributed by atoms with Gasteiger partial charge >= 0.3 is 0 Å². The zero-order chi connectivity index (χ0) is 19.3. The van der Waals surface area contributed by atoms with E-state index in [9.17, 15) is 5.11 Å². The highest BCUT2D eigenvalue weighted by atomic mass is 16.3. The Morgan fingerprint density at radius 2 is 1.07 bits per heavy atom. The van der Waals surface area contributed by atoms with Crippen molar-refractivity contribution in [3.05, 3.63) is 102 Å². The SMILES string of the molecule is Cn1cc(C(c2ccccc2O)c2cn(C)c3ccccc23)c2ccccc21. The van der Waals surface area contributed by atoms with Crippen LogP contribution >= 0.6 is 0 Å². The van der Waals surface area contributed by atoms with Gasteiger partial charge in [0.1, 0.15) is 5.75 Å². The number of rotatable bonds is 3. The largest absolute Gasteiger partial charge is 0.508 e. The average Bonchev–Trinajstić information content (AvgIpc) is 3.22. The molecule has 0 radical (unpaired) electrons. The van der Waals surface area contributed by atoms with Crippen molar-refractivity contribution in [3.63, 3.8) is 0 Å². The van der Waals surface area contributed by atoms with Crippen LogP contribution in [0.3, 0.4) is 0 Å². The molecule has 0 unspecified atom stereocenters. The Balaban J connectivity index is 1.87. The Morgan fingerprint density at radius 1 is 0.607 bits per heavy atom. The van der Waals surface area contributed by atoms with Crippen LogP contribution in [0.2, 0.25) is 0 Å². The molecule has 0 saturated carbocycles. The molecule has 138 valence electrons. The maximum absolute atomic E-state index is 10.7. The van der Waals surface area contributed by atoms with Crippen molar-refractivity contribution in [2.45, 2.75) is 5.92 Å². The fourth-order valence-electron chi connectivity index (χ4n) is 4.44. The van der Waals surface area contributed by atoms with Gasteiger partial charge in [-0.1, -0.05) is 54.6 Å². The smallest absolute Gasteiger partial charge is 0.119 e. The minimum atomic E-state index is -0.0570. The number of phenols is 1. The maximum atomic E-state index is 10.7. The summed E-state index contributed by atoms with van der Waals surface area (Å²) in [5, 5.41) is 13.2. The van der Waals surface area contributed by atoms with E-state index in [1.165, 1.54) is 32.9 Å². The van der Waals surface area contributed by atoms with Gasteiger partial charge in [-0.2, -0.15) is 0 Å². The number of aromatic nitrogens is 2. The van der Waals surface area contributed by atoms with Gasteiger partial charge < -0.3 is 14.2 Å². The molecule has 3 aromatic carbocycles. The summed E-state index contributed by atoms with van der Waals surface area (Å²) in [5.41, 5.74) is 5.72. The minimum absolute atomic E-state index is 0.0570. The van der Waals surface area contributed by atoms with Gasteiger partial charge in [0, 0.05) is 59.8 Å². The Kier molecular flexibility index (Phi) is 3.76. The second-order valence-electron chi connectivity index (χ2n) is 7.42. The van der Waals surface area contributed by atoms with Gasteiger partial charge in [-0.25, -0.2) is 0 Å². The number of para-hydroxylation sites is 3. The molecule has 0 spiro atoms. The molecular formula is C25H22N2O. The van der Waals surface area contributed by atoms with E-state index in [0.717, 1.165) is 5.56 Å². The summed E-state index contributed by atoms with van der Waals surface area (Å²) < 4.78 is 4.34. The van der Waals surface area contributed by atoms with E-state index in [0.29, 0.717) is 5.75 Å². The second kappa shape index (κ2) is 6.31. The fourth-order valence-corrected chi connectivity index (χ4v) is 4.44. The molecule has 5 rings (SSSR count). The highest BCUT2D eigenvalue weighted by Gasteiger charge is 2.26. The van der Waals surface area contributed by atoms with E-state index in [-0.39, 0.29) is 5.92 Å². The molecular weight excluding hydrogens is 344 g/mol. The monoisotopic (exact) mass is 366 g/mol. The molecule has 28 heavy (non-hydrogen) atoms. The number of nitrogens with zero attached hydrogens (tertiary/aromatic N) is 2. The van der Waals surface area contributed by atoms with Gasteiger partial charge in [0.15, 0.2) is 0 Å². The third-order valence-electron chi connectivity index (χ3n) is 5.73. The highest BCUT2D eigenvalue weighted by Crippen LogP contribution is 2.43. The van der Waals surface area contributed by atoms with Crippen molar-refractivity contribution in [1.29, 1.82) is 0 Å². The summed E-state index contributed by atoms with van der Waals surface area (Å²) in [6, 6.07) is 24.6. The molecule has 1 N–H and O–H groups in total. The van der Waals surface area contributed by atoms with Crippen molar-refractivity contribution in [1.82, 2.24) is 9.13 Å². The van der Waals surface area contributed by atoms with Gasteiger partial charge in [-0.05, 0) is 29.3 Å². The van der Waals surface area contributed by atoms with Gasteiger partial charge in [-0.3, -0.25) is 0 Å². The molecule has 0 aliphatic heterocycles. The maximum Gasteiger partial charge on any atom is 0.119 e. The number of hydrogen-bond acceptors (Lipinski definition) is 1. The lowest BCUT2D eigenvalue weighted by Gasteiger charge is -2.18. The highest BCUT2D eigenvalue weighted by molar-refractivity contribution is 5.90. The Hall–Kier alpha value is -3.46. The number of benzene rings is 3. The first-order valence-electron chi connectivity index (χ1n) is 9.51. The Labute approximate surface area is 164 Å². The lowest BCUT2D eigenvalue weighted by atomic mass is 9.84. The summed E-state index contributed by atoms with van der Waals surface area (Å²) in [7, 11) is 4.16. The molecule has 0 fully saturated rings. The van der Waals surface area contributed by atoms with Gasteiger partial charge in [-0.15, -0.1) is 0 Å². The number of aryl methyl sites for hydroxylation is 2. The molecule has 0 atom stereocenters. The van der Waals surface area contributed by atoms with Crippen LogP contribution in [0.5, 0.6) is 5.75 Å². The van der Waals surface area contributed by atoms with Crippen LogP contribution in [0.1, 0.15) is 22.6 Å². The summed E-state index contributed by atoms with van der Waals surface area (Å²) in [4.78, 5) is 0. The van der Waals surface area contributed by atoms with Gasteiger partial charge in [0.2, 0.25) is 0 Å². The van der Waals surface area contributed by atoms with Crippen LogP contribution in [-0.4, -0.2) is 14.2 Å². The van der Waals surface area contributed by atoms with Crippen LogP contribution in [-0.2, 0) is 14.1 Å². The molecule has 5 aromatic rings. The lowest BCUT2D eigenvalue weighted by Crippen LogP contribution is -2.03. The van der Waals surface area contributed by atoms with Crippen LogP contribution < -0.4 is 0 Å². The molecule has 3 nitrogen and oxygen atoms in total. The van der Waals surface area contributed by atoms with E-state index in [1.807, 2.05) is 18.2 Å². The first kappa shape index (κ1) is 16.7. The molecule has 0 amide bonds. The molecule has 3 heteroatoms. The van der Waals surface area contributed by atoms with Crippen LogP contribution in [0.4, 0.5) is 0 Å². The van der Waals surface area contributed by atoms with E-state index in [4.69, 9.17) is 0 Å². The van der Waals surface area contributed by atoms with E-state index >= 15 is 0 Å². The zero-order valence-electron chi connectivity index (χ0n) is 16.0. The molecule has 0 saturated heterocycles. The lowest BCUT2D eigenvalue weighted by molar-refractivity contribution is 0.467. The molecule has 2 heterocycles. The zero-order valence-corrected chi connectivity index (χ0v) is 16.0. The third kappa shape index (κ3) is 2.43. The fraction of sp³-hybridized carbons (Fsp3) is 0.120. The molecule has 0 aliphatic rings. The van der Waals surface area contributed by atoms with Crippen LogP contribution in [0.15, 0.2) is 85.2 Å². The first-order chi connectivity index (χ1) is 13.6. The average molecular weight is 366 g/mol. The standard InChI is InChI=1S/C25H22N2O/c1-26-15-20(17-9-3-6-12-22(17)26)25(19-11-5-8-14-24(19)28)21-16-27(2)23-13-7-4-10-18(21)23/h3-16,25,28H,1-2H3.